The Kier molecular flexibility index (Phi) is 5.81. The van der Waals surface area contributed by atoms with Crippen molar-refractivity contribution >= 4 is 29.3 Å². The van der Waals surface area contributed by atoms with Crippen LogP contribution in [0.4, 0.5) is 11.6 Å². The van der Waals surface area contributed by atoms with Gasteiger partial charge in [0.25, 0.3) is 0 Å². The van der Waals surface area contributed by atoms with Gasteiger partial charge in [-0.15, -0.1) is 0 Å². The van der Waals surface area contributed by atoms with Crippen molar-refractivity contribution in [2.75, 3.05) is 47.5 Å². The fourth-order valence-electron chi connectivity index (χ4n) is 3.21. The molecular weight excluding hydrogens is 322 g/mol. The highest BCUT2D eigenvalue weighted by Crippen LogP contribution is 2.24. The molecule has 0 radical (unpaired) electrons. The Morgan fingerprint density at radius 1 is 1.12 bits per heavy atom. The molecule has 24 heavy (non-hydrogen) atoms. The lowest BCUT2D eigenvalue weighted by molar-refractivity contribution is -0.126. The second-order valence-electron chi connectivity index (χ2n) is 6.77. The van der Waals surface area contributed by atoms with Gasteiger partial charge in [0.1, 0.15) is 0 Å². The van der Waals surface area contributed by atoms with Crippen LogP contribution in [0.5, 0.6) is 0 Å². The molecule has 1 aromatic heterocycles. The summed E-state index contributed by atoms with van der Waals surface area (Å²) in [7, 11) is 0. The number of thioether (sulfide) groups is 1. The lowest BCUT2D eigenvalue weighted by atomic mass is 9.95. The van der Waals surface area contributed by atoms with Crippen LogP contribution in [0, 0.1) is 5.92 Å². The molecule has 0 unspecified atom stereocenters. The van der Waals surface area contributed by atoms with E-state index in [1.807, 2.05) is 38.0 Å². The van der Waals surface area contributed by atoms with Crippen LogP contribution in [0.1, 0.15) is 26.7 Å². The number of nitrogens with one attached hydrogen (secondary N) is 1. The van der Waals surface area contributed by atoms with E-state index in [4.69, 9.17) is 0 Å². The first-order valence-corrected chi connectivity index (χ1v) is 9.99. The Morgan fingerprint density at radius 2 is 1.75 bits per heavy atom. The van der Waals surface area contributed by atoms with Crippen molar-refractivity contribution in [2.45, 2.75) is 32.7 Å². The van der Waals surface area contributed by atoms with E-state index in [9.17, 15) is 4.79 Å². The molecule has 2 aliphatic heterocycles. The number of amides is 1. The average Bonchev–Trinajstić information content (AvgIpc) is 2.62. The average molecular weight is 350 g/mol. The van der Waals surface area contributed by atoms with Gasteiger partial charge in [-0.25, -0.2) is 9.97 Å². The Balaban J connectivity index is 1.53. The number of piperidine rings is 1. The third kappa shape index (κ3) is 4.32. The number of carbonyl (C=O) groups is 1. The van der Waals surface area contributed by atoms with Crippen LogP contribution in [0.25, 0.3) is 0 Å². The molecule has 2 fully saturated rings. The molecule has 7 heteroatoms. The normalized spacial score (nSPS) is 19.6. The molecule has 2 saturated heterocycles. The van der Waals surface area contributed by atoms with Gasteiger partial charge in [-0.05, 0) is 26.7 Å². The van der Waals surface area contributed by atoms with E-state index in [0.717, 1.165) is 62.2 Å². The van der Waals surface area contributed by atoms with Crippen LogP contribution in [0.15, 0.2) is 12.4 Å². The van der Waals surface area contributed by atoms with Crippen LogP contribution in [-0.2, 0) is 4.79 Å². The molecule has 0 bridgehead atoms. The molecule has 3 heterocycles. The summed E-state index contributed by atoms with van der Waals surface area (Å²) in [5.74, 6) is 3.47. The Bertz CT molecular complexity index is 536. The minimum Gasteiger partial charge on any atom is -0.369 e. The van der Waals surface area contributed by atoms with Crippen molar-refractivity contribution in [3.63, 3.8) is 0 Å². The summed E-state index contributed by atoms with van der Waals surface area (Å²) in [5, 5.41) is 3.02. The summed E-state index contributed by atoms with van der Waals surface area (Å²) in [5.41, 5.74) is 1.06. The van der Waals surface area contributed by atoms with E-state index < -0.39 is 0 Å². The number of anilines is 2. The molecule has 3 rings (SSSR count). The SMILES string of the molecule is CC(C)NC(=O)C1CCN(c2cnc(N3CCSCC3)nc2)CC1. The number of rotatable bonds is 4. The standard InChI is InChI=1S/C17H27N5OS/c1-13(2)20-16(23)14-3-5-21(6-4-14)15-11-18-17(19-12-15)22-7-9-24-10-8-22/h11-14H,3-10H2,1-2H3,(H,20,23). The zero-order chi connectivity index (χ0) is 16.9. The van der Waals surface area contributed by atoms with Gasteiger partial charge in [-0.1, -0.05) is 0 Å². The summed E-state index contributed by atoms with van der Waals surface area (Å²) < 4.78 is 0. The van der Waals surface area contributed by atoms with Crippen molar-refractivity contribution in [2.24, 2.45) is 5.92 Å². The summed E-state index contributed by atoms with van der Waals surface area (Å²) >= 11 is 1.99. The quantitative estimate of drug-likeness (QED) is 0.894. The highest BCUT2D eigenvalue weighted by Gasteiger charge is 2.25. The number of hydrogen-bond acceptors (Lipinski definition) is 6. The van der Waals surface area contributed by atoms with E-state index >= 15 is 0 Å². The first kappa shape index (κ1) is 17.3. The molecular formula is C17H27N5OS. The number of hydrogen-bond donors (Lipinski definition) is 1. The van der Waals surface area contributed by atoms with Gasteiger partial charge in [0.05, 0.1) is 18.1 Å². The molecule has 2 aliphatic rings. The molecule has 0 saturated carbocycles. The minimum absolute atomic E-state index is 0.134. The van der Waals surface area contributed by atoms with Crippen LogP contribution < -0.4 is 15.1 Å². The van der Waals surface area contributed by atoms with Crippen molar-refractivity contribution in [1.29, 1.82) is 0 Å². The highest BCUT2D eigenvalue weighted by molar-refractivity contribution is 7.99. The second-order valence-corrected chi connectivity index (χ2v) is 7.99. The lowest BCUT2D eigenvalue weighted by Crippen LogP contribution is -2.42. The van der Waals surface area contributed by atoms with E-state index in [-0.39, 0.29) is 17.9 Å². The topological polar surface area (TPSA) is 61.4 Å². The third-order valence-electron chi connectivity index (χ3n) is 4.58. The molecule has 1 amide bonds. The van der Waals surface area contributed by atoms with Crippen LogP contribution in [0.3, 0.4) is 0 Å². The fourth-order valence-corrected chi connectivity index (χ4v) is 4.11. The maximum atomic E-state index is 12.1. The number of nitrogens with zero attached hydrogens (tertiary/aromatic N) is 4. The zero-order valence-corrected chi connectivity index (χ0v) is 15.4. The summed E-state index contributed by atoms with van der Waals surface area (Å²) in [6, 6.07) is 0.213. The Labute approximate surface area is 148 Å². The predicted molar refractivity (Wildman–Crippen MR) is 99.8 cm³/mol. The van der Waals surface area contributed by atoms with E-state index in [2.05, 4.69) is 25.1 Å². The van der Waals surface area contributed by atoms with Gasteiger partial charge < -0.3 is 15.1 Å². The predicted octanol–water partition coefficient (Wildman–Crippen LogP) is 1.77. The van der Waals surface area contributed by atoms with Crippen LogP contribution in [0.2, 0.25) is 0 Å². The second kappa shape index (κ2) is 8.05. The molecule has 1 aromatic rings. The summed E-state index contributed by atoms with van der Waals surface area (Å²) in [4.78, 5) is 25.8. The third-order valence-corrected chi connectivity index (χ3v) is 5.52. The maximum Gasteiger partial charge on any atom is 0.225 e. The summed E-state index contributed by atoms with van der Waals surface area (Å²) in [6.45, 7) is 7.85. The van der Waals surface area contributed by atoms with Gasteiger partial charge in [0.15, 0.2) is 0 Å². The largest absolute Gasteiger partial charge is 0.369 e. The molecule has 0 spiro atoms. The first-order chi connectivity index (χ1) is 11.6. The van der Waals surface area contributed by atoms with Crippen LogP contribution >= 0.6 is 11.8 Å². The highest BCUT2D eigenvalue weighted by atomic mass is 32.2. The van der Waals surface area contributed by atoms with Gasteiger partial charge in [0.2, 0.25) is 11.9 Å². The van der Waals surface area contributed by atoms with E-state index in [0.29, 0.717) is 0 Å². The smallest absolute Gasteiger partial charge is 0.225 e. The first-order valence-electron chi connectivity index (χ1n) is 8.83. The number of aromatic nitrogens is 2. The van der Waals surface area contributed by atoms with E-state index in [1.54, 1.807) is 0 Å². The van der Waals surface area contributed by atoms with Gasteiger partial charge in [-0.2, -0.15) is 11.8 Å². The maximum absolute atomic E-state index is 12.1. The zero-order valence-electron chi connectivity index (χ0n) is 14.6. The summed E-state index contributed by atoms with van der Waals surface area (Å²) in [6.07, 6.45) is 5.64. The van der Waals surface area contributed by atoms with Gasteiger partial charge in [-0.3, -0.25) is 4.79 Å². The monoisotopic (exact) mass is 349 g/mol. The minimum atomic E-state index is 0.134. The van der Waals surface area contributed by atoms with Crippen molar-refractivity contribution in [1.82, 2.24) is 15.3 Å². The molecule has 132 valence electrons. The Morgan fingerprint density at radius 3 is 2.33 bits per heavy atom. The molecule has 0 atom stereocenters. The Hall–Kier alpha value is -1.50. The van der Waals surface area contributed by atoms with E-state index in [1.165, 1.54) is 0 Å². The molecule has 1 N–H and O–H groups in total. The van der Waals surface area contributed by atoms with Crippen molar-refractivity contribution in [3.05, 3.63) is 12.4 Å². The van der Waals surface area contributed by atoms with Crippen molar-refractivity contribution in [3.8, 4) is 0 Å². The van der Waals surface area contributed by atoms with Gasteiger partial charge in [0, 0.05) is 49.6 Å². The lowest BCUT2D eigenvalue weighted by Gasteiger charge is -2.33. The molecule has 0 aromatic carbocycles. The van der Waals surface area contributed by atoms with Crippen LogP contribution in [-0.4, -0.2) is 59.6 Å². The molecule has 0 aliphatic carbocycles. The van der Waals surface area contributed by atoms with Crippen molar-refractivity contribution < 1.29 is 4.79 Å². The number of carbonyl (C=O) groups excluding carboxylic acids is 1. The van der Waals surface area contributed by atoms with Gasteiger partial charge >= 0.3 is 0 Å². The fraction of sp³-hybridized carbons (Fsp3) is 0.706. The molecule has 6 nitrogen and oxygen atoms in total.